The van der Waals surface area contributed by atoms with Crippen LogP contribution in [0.2, 0.25) is 5.02 Å². The molecule has 0 N–H and O–H groups in total. The van der Waals surface area contributed by atoms with E-state index in [-0.39, 0.29) is 0 Å². The maximum absolute atomic E-state index is 5.88. The second-order valence-electron chi connectivity index (χ2n) is 2.25. The molecule has 2 rings (SSSR count). The van der Waals surface area contributed by atoms with Gasteiger partial charge in [-0.1, -0.05) is 23.7 Å². The zero-order chi connectivity index (χ0) is 7.68. The van der Waals surface area contributed by atoms with Crippen LogP contribution in [0.4, 0.5) is 0 Å². The molecule has 0 bridgehead atoms. The van der Waals surface area contributed by atoms with Gasteiger partial charge in [0.25, 0.3) is 0 Å². The second kappa shape index (κ2) is 2.51. The number of para-hydroxylation sites is 1. The van der Waals surface area contributed by atoms with Crippen molar-refractivity contribution in [1.29, 1.82) is 0 Å². The summed E-state index contributed by atoms with van der Waals surface area (Å²) in [5, 5.41) is 1.72. The fraction of sp³-hybridized carbons (Fsp3) is 0. The van der Waals surface area contributed by atoms with Crippen molar-refractivity contribution in [1.82, 2.24) is 4.98 Å². The molecular weight excluding hydrogens is 158 g/mol. The lowest BCUT2D eigenvalue weighted by molar-refractivity contribution is 1.41. The molecule has 0 atom stereocenters. The normalized spacial score (nSPS) is 10.3. The molecule has 0 fully saturated rings. The zero-order valence-electron chi connectivity index (χ0n) is 5.71. The van der Waals surface area contributed by atoms with Crippen LogP contribution in [0.5, 0.6) is 0 Å². The summed E-state index contributed by atoms with van der Waals surface area (Å²) >= 11 is 5.88. The number of hydrogen-bond donors (Lipinski definition) is 0. The third kappa shape index (κ3) is 1.08. The van der Waals surface area contributed by atoms with Gasteiger partial charge >= 0.3 is 0 Å². The minimum Gasteiger partial charge on any atom is -0.254 e. The first-order valence-electron chi connectivity index (χ1n) is 3.28. The van der Waals surface area contributed by atoms with E-state index in [4.69, 9.17) is 11.6 Å². The standard InChI is InChI=1S/C9H5ClN/c10-8-5-1-3-7-4-2-6-11-9(7)8/h1,3-6H. The molecule has 1 radical (unpaired) electrons. The Bertz CT molecular complexity index is 379. The van der Waals surface area contributed by atoms with E-state index in [0.29, 0.717) is 5.02 Å². The molecule has 2 aromatic rings. The number of aromatic nitrogens is 1. The summed E-state index contributed by atoms with van der Waals surface area (Å²) in [6.07, 6.45) is 1.62. The number of hydrogen-bond acceptors (Lipinski definition) is 1. The van der Waals surface area contributed by atoms with Crippen molar-refractivity contribution in [3.05, 3.63) is 41.6 Å². The summed E-state index contributed by atoms with van der Waals surface area (Å²) in [5.74, 6) is 0. The van der Waals surface area contributed by atoms with Crippen molar-refractivity contribution in [3.8, 4) is 0 Å². The van der Waals surface area contributed by atoms with Crippen LogP contribution in [0.1, 0.15) is 0 Å². The van der Waals surface area contributed by atoms with Crippen molar-refractivity contribution < 1.29 is 0 Å². The van der Waals surface area contributed by atoms with E-state index < -0.39 is 0 Å². The Kier molecular flexibility index (Phi) is 1.51. The smallest absolute Gasteiger partial charge is 0.0888 e. The highest BCUT2D eigenvalue weighted by Crippen LogP contribution is 2.19. The van der Waals surface area contributed by atoms with E-state index in [1.807, 2.05) is 24.3 Å². The van der Waals surface area contributed by atoms with Gasteiger partial charge in [-0.3, -0.25) is 4.98 Å². The quantitative estimate of drug-likeness (QED) is 0.581. The van der Waals surface area contributed by atoms with Gasteiger partial charge in [-0.15, -0.1) is 0 Å². The van der Waals surface area contributed by atoms with E-state index >= 15 is 0 Å². The lowest BCUT2D eigenvalue weighted by Gasteiger charge is -1.95. The van der Waals surface area contributed by atoms with Crippen molar-refractivity contribution in [3.63, 3.8) is 0 Å². The molecule has 1 aromatic heterocycles. The Labute approximate surface area is 69.6 Å². The third-order valence-electron chi connectivity index (χ3n) is 1.53. The number of fused-ring (bicyclic) bond motifs is 1. The summed E-state index contributed by atoms with van der Waals surface area (Å²) < 4.78 is 0. The first kappa shape index (κ1) is 6.62. The van der Waals surface area contributed by atoms with Crippen LogP contribution in [-0.2, 0) is 0 Å². The van der Waals surface area contributed by atoms with E-state index in [1.165, 1.54) is 0 Å². The molecule has 0 spiro atoms. The van der Waals surface area contributed by atoms with Crippen LogP contribution in [0.25, 0.3) is 10.9 Å². The number of nitrogens with zero attached hydrogens (tertiary/aromatic N) is 1. The number of halogens is 1. The first-order valence-corrected chi connectivity index (χ1v) is 3.66. The van der Waals surface area contributed by atoms with Gasteiger partial charge in [0.1, 0.15) is 0 Å². The van der Waals surface area contributed by atoms with Gasteiger partial charge < -0.3 is 0 Å². The van der Waals surface area contributed by atoms with E-state index in [1.54, 1.807) is 6.20 Å². The second-order valence-corrected chi connectivity index (χ2v) is 2.65. The summed E-state index contributed by atoms with van der Waals surface area (Å²) in [6, 6.07) is 10.5. The van der Waals surface area contributed by atoms with Crippen LogP contribution in [-0.4, -0.2) is 4.98 Å². The average Bonchev–Trinajstić information content (AvgIpc) is 2.06. The highest BCUT2D eigenvalue weighted by Gasteiger charge is 1.95. The Morgan fingerprint density at radius 2 is 2.27 bits per heavy atom. The topological polar surface area (TPSA) is 12.9 Å². The van der Waals surface area contributed by atoms with Gasteiger partial charge in [0, 0.05) is 17.6 Å². The molecule has 0 aliphatic carbocycles. The molecular formula is C9H5ClN. The Hall–Kier alpha value is -1.08. The summed E-state index contributed by atoms with van der Waals surface area (Å²) in [5.41, 5.74) is 0.841. The first-order chi connectivity index (χ1) is 5.38. The van der Waals surface area contributed by atoms with Crippen LogP contribution in [0.3, 0.4) is 0 Å². The summed E-state index contributed by atoms with van der Waals surface area (Å²) in [6.45, 7) is 0. The van der Waals surface area contributed by atoms with Gasteiger partial charge in [0.2, 0.25) is 0 Å². The van der Waals surface area contributed by atoms with Gasteiger partial charge in [-0.05, 0) is 12.1 Å². The number of pyridine rings is 1. The third-order valence-corrected chi connectivity index (χ3v) is 1.83. The van der Waals surface area contributed by atoms with Crippen LogP contribution < -0.4 is 0 Å². The molecule has 0 unspecified atom stereocenters. The predicted octanol–water partition coefficient (Wildman–Crippen LogP) is 2.69. The molecule has 0 amide bonds. The van der Waals surface area contributed by atoms with Crippen LogP contribution in [0, 0.1) is 6.07 Å². The van der Waals surface area contributed by atoms with Crippen LogP contribution >= 0.6 is 11.6 Å². The zero-order valence-corrected chi connectivity index (χ0v) is 6.47. The van der Waals surface area contributed by atoms with E-state index in [9.17, 15) is 0 Å². The van der Waals surface area contributed by atoms with Crippen molar-refractivity contribution in [2.75, 3.05) is 0 Å². The average molecular weight is 163 g/mol. The van der Waals surface area contributed by atoms with E-state index in [0.717, 1.165) is 10.9 Å². The van der Waals surface area contributed by atoms with Crippen molar-refractivity contribution in [2.24, 2.45) is 0 Å². The molecule has 0 aliphatic rings. The molecule has 0 saturated carbocycles. The van der Waals surface area contributed by atoms with Crippen molar-refractivity contribution >= 4 is 22.5 Å². The molecule has 11 heavy (non-hydrogen) atoms. The Balaban J connectivity index is 2.91. The molecule has 53 valence electrons. The van der Waals surface area contributed by atoms with Gasteiger partial charge in [0.15, 0.2) is 0 Å². The van der Waals surface area contributed by atoms with Gasteiger partial charge in [-0.25, -0.2) is 0 Å². The van der Waals surface area contributed by atoms with Gasteiger partial charge in [0.05, 0.1) is 10.5 Å². The largest absolute Gasteiger partial charge is 0.254 e. The minimum atomic E-state index is 0.691. The molecule has 0 aliphatic heterocycles. The fourth-order valence-corrected chi connectivity index (χ4v) is 1.24. The van der Waals surface area contributed by atoms with E-state index in [2.05, 4.69) is 11.1 Å². The molecule has 1 heterocycles. The SMILES string of the molecule is Clc1cccc2c[c]cnc12. The number of benzene rings is 1. The van der Waals surface area contributed by atoms with Crippen LogP contribution in [0.15, 0.2) is 30.5 Å². The van der Waals surface area contributed by atoms with Crippen molar-refractivity contribution in [2.45, 2.75) is 0 Å². The maximum atomic E-state index is 5.88. The number of rotatable bonds is 0. The highest BCUT2D eigenvalue weighted by molar-refractivity contribution is 6.34. The monoisotopic (exact) mass is 162 g/mol. The predicted molar refractivity (Wildman–Crippen MR) is 45.6 cm³/mol. The molecule has 2 heteroatoms. The summed E-state index contributed by atoms with van der Waals surface area (Å²) in [7, 11) is 0. The molecule has 0 saturated heterocycles. The molecule has 1 aromatic carbocycles. The minimum absolute atomic E-state index is 0.691. The maximum Gasteiger partial charge on any atom is 0.0888 e. The lowest BCUT2D eigenvalue weighted by Crippen LogP contribution is -1.77. The molecule has 1 nitrogen and oxygen atoms in total. The summed E-state index contributed by atoms with van der Waals surface area (Å²) in [4.78, 5) is 4.09. The lowest BCUT2D eigenvalue weighted by atomic mass is 10.2. The highest BCUT2D eigenvalue weighted by atomic mass is 35.5. The Morgan fingerprint density at radius 3 is 3.09 bits per heavy atom. The van der Waals surface area contributed by atoms with Gasteiger partial charge in [-0.2, -0.15) is 0 Å². The Morgan fingerprint density at radius 1 is 1.36 bits per heavy atom. The fourth-order valence-electron chi connectivity index (χ4n) is 1.01.